The van der Waals surface area contributed by atoms with Crippen molar-refractivity contribution in [1.29, 1.82) is 0 Å². The third kappa shape index (κ3) is 8.35. The summed E-state index contributed by atoms with van der Waals surface area (Å²) in [4.78, 5) is 2.46. The second kappa shape index (κ2) is 19.8. The molecule has 0 radical (unpaired) electrons. The minimum atomic E-state index is -0.619. The molecule has 0 heterocycles. The standard InChI is InChI=1S/C74H53N/c1-6-19-53(20-7-1)57-33-37-61(38-34-57)72(62-39-35-58(36-40-62)54-21-8-2-9-22-54)63-41-47-65(48-42-63)74(64-27-14-5-15-28-64)69-30-17-16-29-68(69)73-70(74)31-18-32-71(73)75(66-49-43-59(44-50-66)55-23-10-3-11-24-55)67-51-45-60(46-52-67)56-25-12-4-13-26-56/h1-52,72H. The molecule has 0 aliphatic heterocycles. The number of nitrogens with zero attached hydrogens (tertiary/aromatic N) is 1. The molecule has 0 bridgehead atoms. The Kier molecular flexibility index (Phi) is 12.0. The van der Waals surface area contributed by atoms with Gasteiger partial charge in [0.15, 0.2) is 0 Å². The number of fused-ring (bicyclic) bond motifs is 3. The first-order valence-corrected chi connectivity index (χ1v) is 26.0. The van der Waals surface area contributed by atoms with Crippen LogP contribution >= 0.6 is 0 Å². The van der Waals surface area contributed by atoms with Gasteiger partial charge in [0.25, 0.3) is 0 Å². The van der Waals surface area contributed by atoms with Crippen LogP contribution in [0.1, 0.15) is 44.9 Å². The molecule has 1 nitrogen and oxygen atoms in total. The summed E-state index contributed by atoms with van der Waals surface area (Å²) >= 11 is 0. The van der Waals surface area contributed by atoms with E-state index in [1.54, 1.807) is 0 Å². The Morgan fingerprint density at radius 3 is 0.987 bits per heavy atom. The van der Waals surface area contributed by atoms with Crippen LogP contribution in [0.3, 0.4) is 0 Å². The van der Waals surface area contributed by atoms with Crippen LogP contribution in [0.2, 0.25) is 0 Å². The van der Waals surface area contributed by atoms with Crippen molar-refractivity contribution in [1.82, 2.24) is 0 Å². The molecule has 0 amide bonds. The zero-order valence-corrected chi connectivity index (χ0v) is 41.5. The van der Waals surface area contributed by atoms with Gasteiger partial charge in [-0.15, -0.1) is 0 Å². The van der Waals surface area contributed by atoms with Crippen molar-refractivity contribution in [3.8, 4) is 55.6 Å². The summed E-state index contributed by atoms with van der Waals surface area (Å²) in [5.41, 5.74) is 23.5. The first kappa shape index (κ1) is 45.3. The minimum Gasteiger partial charge on any atom is -0.310 e. The van der Waals surface area contributed by atoms with Crippen LogP contribution in [0, 0.1) is 0 Å². The fraction of sp³-hybridized carbons (Fsp3) is 0.0270. The van der Waals surface area contributed by atoms with E-state index in [-0.39, 0.29) is 5.92 Å². The molecule has 1 heteroatoms. The fourth-order valence-corrected chi connectivity index (χ4v) is 11.8. The van der Waals surface area contributed by atoms with E-state index in [1.807, 2.05) is 0 Å². The Labute approximate surface area is 441 Å². The molecule has 0 N–H and O–H groups in total. The number of hydrogen-bond donors (Lipinski definition) is 0. The van der Waals surface area contributed by atoms with Gasteiger partial charge in [-0.2, -0.15) is 0 Å². The summed E-state index contributed by atoms with van der Waals surface area (Å²) in [5.74, 6) is 0.00578. The number of hydrogen-bond acceptors (Lipinski definition) is 1. The van der Waals surface area contributed by atoms with Crippen LogP contribution in [0.4, 0.5) is 17.1 Å². The van der Waals surface area contributed by atoms with Crippen molar-refractivity contribution in [2.75, 3.05) is 4.90 Å². The first-order valence-electron chi connectivity index (χ1n) is 26.0. The molecule has 0 saturated heterocycles. The van der Waals surface area contributed by atoms with Gasteiger partial charge in [-0.25, -0.2) is 0 Å². The molecule has 1 atom stereocenters. The zero-order valence-electron chi connectivity index (χ0n) is 41.5. The molecule has 0 fully saturated rings. The van der Waals surface area contributed by atoms with Gasteiger partial charge < -0.3 is 4.90 Å². The molecule has 1 aliphatic rings. The van der Waals surface area contributed by atoms with Crippen LogP contribution in [0.25, 0.3) is 55.6 Å². The molecule has 12 aromatic carbocycles. The molecule has 1 unspecified atom stereocenters. The zero-order chi connectivity index (χ0) is 50.0. The normalized spacial score (nSPS) is 13.5. The lowest BCUT2D eigenvalue weighted by atomic mass is 9.67. The molecule has 1 aliphatic carbocycles. The van der Waals surface area contributed by atoms with E-state index in [4.69, 9.17) is 0 Å². The average molecular weight is 956 g/mol. The van der Waals surface area contributed by atoms with Gasteiger partial charge in [0.2, 0.25) is 0 Å². The highest BCUT2D eigenvalue weighted by molar-refractivity contribution is 5.97. The summed E-state index contributed by atoms with van der Waals surface area (Å²) in [6.07, 6.45) is 0. The van der Waals surface area contributed by atoms with E-state index in [1.165, 1.54) is 94.6 Å². The van der Waals surface area contributed by atoms with E-state index in [0.29, 0.717) is 0 Å². The Morgan fingerprint density at radius 1 is 0.240 bits per heavy atom. The summed E-state index contributed by atoms with van der Waals surface area (Å²) in [6.45, 7) is 0. The van der Waals surface area contributed by atoms with Crippen molar-refractivity contribution in [3.63, 3.8) is 0 Å². The second-order valence-corrected chi connectivity index (χ2v) is 19.6. The van der Waals surface area contributed by atoms with Gasteiger partial charge in [-0.3, -0.25) is 0 Å². The van der Waals surface area contributed by atoms with Gasteiger partial charge in [0, 0.05) is 22.9 Å². The van der Waals surface area contributed by atoms with Crippen molar-refractivity contribution < 1.29 is 0 Å². The highest BCUT2D eigenvalue weighted by Crippen LogP contribution is 2.59. The first-order chi connectivity index (χ1) is 37.2. The third-order valence-corrected chi connectivity index (χ3v) is 15.3. The quantitative estimate of drug-likeness (QED) is 0.110. The van der Waals surface area contributed by atoms with Crippen LogP contribution < -0.4 is 4.90 Å². The van der Waals surface area contributed by atoms with Crippen molar-refractivity contribution in [3.05, 3.63) is 354 Å². The Morgan fingerprint density at radius 2 is 0.560 bits per heavy atom. The summed E-state index contributed by atoms with van der Waals surface area (Å²) in [6, 6.07) is 116. The Hall–Kier alpha value is -9.56. The van der Waals surface area contributed by atoms with Crippen LogP contribution in [-0.4, -0.2) is 0 Å². The topological polar surface area (TPSA) is 3.24 Å². The van der Waals surface area contributed by atoms with E-state index in [0.717, 1.165) is 17.1 Å². The van der Waals surface area contributed by atoms with Gasteiger partial charge >= 0.3 is 0 Å². The van der Waals surface area contributed by atoms with Crippen LogP contribution in [0.5, 0.6) is 0 Å². The van der Waals surface area contributed by atoms with Gasteiger partial charge in [0.1, 0.15) is 0 Å². The van der Waals surface area contributed by atoms with E-state index >= 15 is 0 Å². The van der Waals surface area contributed by atoms with E-state index in [2.05, 4.69) is 320 Å². The van der Waals surface area contributed by atoms with E-state index < -0.39 is 5.41 Å². The Bertz CT molecular complexity index is 3690. The summed E-state index contributed by atoms with van der Waals surface area (Å²) in [7, 11) is 0. The molecular weight excluding hydrogens is 903 g/mol. The molecular formula is C74H53N. The molecule has 0 saturated carbocycles. The van der Waals surface area contributed by atoms with Gasteiger partial charge in [-0.05, 0) is 119 Å². The molecule has 354 valence electrons. The predicted molar refractivity (Wildman–Crippen MR) is 314 cm³/mol. The largest absolute Gasteiger partial charge is 0.310 e. The average Bonchev–Trinajstić information content (AvgIpc) is 3.98. The minimum absolute atomic E-state index is 0.00578. The molecule has 0 spiro atoms. The lowest BCUT2D eigenvalue weighted by molar-refractivity contribution is 0.767. The maximum Gasteiger partial charge on any atom is 0.0714 e. The number of benzene rings is 12. The highest BCUT2D eigenvalue weighted by Gasteiger charge is 2.47. The van der Waals surface area contributed by atoms with Crippen LogP contribution in [0.15, 0.2) is 315 Å². The summed E-state index contributed by atoms with van der Waals surface area (Å²) in [5, 5.41) is 0. The smallest absolute Gasteiger partial charge is 0.0714 e. The highest BCUT2D eigenvalue weighted by atomic mass is 15.1. The van der Waals surface area contributed by atoms with E-state index in [9.17, 15) is 0 Å². The maximum absolute atomic E-state index is 2.46. The lowest BCUT2D eigenvalue weighted by Crippen LogP contribution is -2.28. The van der Waals surface area contributed by atoms with Crippen molar-refractivity contribution >= 4 is 17.1 Å². The number of anilines is 3. The molecule has 13 rings (SSSR count). The van der Waals surface area contributed by atoms with Gasteiger partial charge in [0.05, 0.1) is 11.1 Å². The van der Waals surface area contributed by atoms with Gasteiger partial charge in [-0.1, -0.05) is 285 Å². The lowest BCUT2D eigenvalue weighted by Gasteiger charge is -2.35. The number of rotatable bonds is 12. The predicted octanol–water partition coefficient (Wildman–Crippen LogP) is 19.4. The Balaban J connectivity index is 0.968. The van der Waals surface area contributed by atoms with Crippen molar-refractivity contribution in [2.45, 2.75) is 11.3 Å². The fourth-order valence-electron chi connectivity index (χ4n) is 11.8. The molecule has 12 aromatic rings. The monoisotopic (exact) mass is 955 g/mol. The molecule has 75 heavy (non-hydrogen) atoms. The van der Waals surface area contributed by atoms with Crippen LogP contribution in [-0.2, 0) is 5.41 Å². The second-order valence-electron chi connectivity index (χ2n) is 19.6. The maximum atomic E-state index is 2.46. The summed E-state index contributed by atoms with van der Waals surface area (Å²) < 4.78 is 0. The molecule has 0 aromatic heterocycles. The third-order valence-electron chi connectivity index (χ3n) is 15.3. The SMILES string of the molecule is c1ccc(-c2ccc(C(c3ccc(-c4ccccc4)cc3)c3ccc(C4(c5ccccc5)c5ccccc5-c5c(N(c6ccc(-c7ccccc7)cc6)c6ccc(-c7ccccc7)cc6)cccc54)cc3)cc2)cc1. The van der Waals surface area contributed by atoms with Crippen molar-refractivity contribution in [2.24, 2.45) is 0 Å².